The Morgan fingerprint density at radius 3 is 2.59 bits per heavy atom. The van der Waals surface area contributed by atoms with Gasteiger partial charge in [0, 0.05) is 19.1 Å². The molecule has 4 heteroatoms. The molecule has 1 aliphatic rings. The summed E-state index contributed by atoms with van der Waals surface area (Å²) < 4.78 is 0. The van der Waals surface area contributed by atoms with Crippen molar-refractivity contribution in [3.05, 3.63) is 0 Å². The van der Waals surface area contributed by atoms with Gasteiger partial charge in [-0.25, -0.2) is 0 Å². The number of amides is 1. The molecule has 1 rings (SSSR count). The Hall–Kier alpha value is -0.610. The lowest BCUT2D eigenvalue weighted by atomic mass is 10.3. The van der Waals surface area contributed by atoms with Crippen molar-refractivity contribution < 1.29 is 4.79 Å². The summed E-state index contributed by atoms with van der Waals surface area (Å²) in [4.78, 5) is 16.0. The van der Waals surface area contributed by atoms with Crippen LogP contribution < -0.4 is 5.32 Å². The molecule has 1 amide bonds. The lowest BCUT2D eigenvalue weighted by Gasteiger charge is -2.21. The van der Waals surface area contributed by atoms with Gasteiger partial charge in [0.25, 0.3) is 0 Å². The minimum Gasteiger partial charge on any atom is -0.342 e. The van der Waals surface area contributed by atoms with Crippen LogP contribution in [0.3, 0.4) is 0 Å². The predicted molar refractivity (Wildman–Crippen MR) is 71.1 cm³/mol. The van der Waals surface area contributed by atoms with Crippen LogP contribution in [-0.2, 0) is 4.79 Å². The van der Waals surface area contributed by atoms with Crippen LogP contribution >= 0.6 is 0 Å². The summed E-state index contributed by atoms with van der Waals surface area (Å²) in [6.45, 7) is 8.81. The second kappa shape index (κ2) is 7.67. The van der Waals surface area contributed by atoms with Gasteiger partial charge >= 0.3 is 0 Å². The van der Waals surface area contributed by atoms with Crippen molar-refractivity contribution in [1.82, 2.24) is 15.1 Å². The molecule has 0 radical (unpaired) electrons. The zero-order chi connectivity index (χ0) is 12.7. The maximum Gasteiger partial charge on any atom is 0.236 e. The zero-order valence-electron chi connectivity index (χ0n) is 11.5. The molecule has 0 aromatic carbocycles. The van der Waals surface area contributed by atoms with Crippen LogP contribution in [0.15, 0.2) is 0 Å². The first-order chi connectivity index (χ1) is 8.09. The van der Waals surface area contributed by atoms with E-state index in [9.17, 15) is 4.79 Å². The molecule has 100 valence electrons. The normalized spacial score (nSPS) is 16.2. The fourth-order valence-corrected chi connectivity index (χ4v) is 2.12. The highest BCUT2D eigenvalue weighted by molar-refractivity contribution is 5.78. The second-order valence-electron chi connectivity index (χ2n) is 5.29. The molecule has 4 nitrogen and oxygen atoms in total. The monoisotopic (exact) mass is 241 g/mol. The highest BCUT2D eigenvalue weighted by Crippen LogP contribution is 2.07. The van der Waals surface area contributed by atoms with E-state index in [0.717, 1.165) is 32.6 Å². The minimum atomic E-state index is 0.293. The van der Waals surface area contributed by atoms with Gasteiger partial charge in [-0.05, 0) is 39.4 Å². The molecule has 0 unspecified atom stereocenters. The van der Waals surface area contributed by atoms with E-state index < -0.39 is 0 Å². The molecule has 1 N–H and O–H groups in total. The van der Waals surface area contributed by atoms with E-state index in [4.69, 9.17) is 0 Å². The van der Waals surface area contributed by atoms with E-state index in [-0.39, 0.29) is 0 Å². The molecule has 1 saturated heterocycles. The van der Waals surface area contributed by atoms with Crippen LogP contribution in [0, 0.1) is 0 Å². The van der Waals surface area contributed by atoms with Gasteiger partial charge < -0.3 is 10.2 Å². The van der Waals surface area contributed by atoms with E-state index >= 15 is 0 Å². The molecule has 0 aromatic heterocycles. The molecular formula is C13H27N3O. The Morgan fingerprint density at radius 1 is 1.35 bits per heavy atom. The van der Waals surface area contributed by atoms with Crippen molar-refractivity contribution in [2.45, 2.75) is 39.2 Å². The highest BCUT2D eigenvalue weighted by atomic mass is 16.2. The standard InChI is InChI=1S/C13H27N3O/c1-12(2)14-7-6-8-15(3)11-13(17)16-9-4-5-10-16/h12,14H,4-11H2,1-3H3. The average Bonchev–Trinajstić information content (AvgIpc) is 2.77. The lowest BCUT2D eigenvalue weighted by molar-refractivity contribution is -0.131. The van der Waals surface area contributed by atoms with Crippen molar-refractivity contribution in [1.29, 1.82) is 0 Å². The molecule has 1 aliphatic heterocycles. The number of likely N-dealkylation sites (N-methyl/N-ethyl adjacent to an activating group) is 1. The second-order valence-corrected chi connectivity index (χ2v) is 5.29. The Bertz CT molecular complexity index is 225. The van der Waals surface area contributed by atoms with Crippen molar-refractivity contribution >= 4 is 5.91 Å². The van der Waals surface area contributed by atoms with Crippen LogP contribution in [0.2, 0.25) is 0 Å². The summed E-state index contributed by atoms with van der Waals surface area (Å²) in [6, 6.07) is 0.548. The number of hydrogen-bond donors (Lipinski definition) is 1. The quantitative estimate of drug-likeness (QED) is 0.674. The van der Waals surface area contributed by atoms with Crippen molar-refractivity contribution in [2.24, 2.45) is 0 Å². The largest absolute Gasteiger partial charge is 0.342 e. The Kier molecular flexibility index (Phi) is 6.52. The molecule has 1 heterocycles. The van der Waals surface area contributed by atoms with Gasteiger partial charge in [-0.1, -0.05) is 13.8 Å². The Balaban J connectivity index is 2.07. The van der Waals surface area contributed by atoms with Crippen LogP contribution in [0.4, 0.5) is 0 Å². The van der Waals surface area contributed by atoms with Crippen LogP contribution in [0.1, 0.15) is 33.1 Å². The topological polar surface area (TPSA) is 35.6 Å². The number of carbonyl (C=O) groups excluding carboxylic acids is 1. The third kappa shape index (κ3) is 6.03. The van der Waals surface area contributed by atoms with Gasteiger partial charge in [0.05, 0.1) is 6.54 Å². The molecule has 0 atom stereocenters. The van der Waals surface area contributed by atoms with E-state index in [1.807, 2.05) is 11.9 Å². The van der Waals surface area contributed by atoms with E-state index in [1.54, 1.807) is 0 Å². The first kappa shape index (κ1) is 14.5. The van der Waals surface area contributed by atoms with E-state index in [2.05, 4.69) is 24.1 Å². The van der Waals surface area contributed by atoms with Gasteiger partial charge in [-0.3, -0.25) is 9.69 Å². The van der Waals surface area contributed by atoms with Gasteiger partial charge in [-0.2, -0.15) is 0 Å². The first-order valence-electron chi connectivity index (χ1n) is 6.79. The summed E-state index contributed by atoms with van der Waals surface area (Å²) in [6.07, 6.45) is 3.45. The summed E-state index contributed by atoms with van der Waals surface area (Å²) in [5.41, 5.74) is 0. The number of nitrogens with zero attached hydrogens (tertiary/aromatic N) is 2. The molecule has 0 bridgehead atoms. The fourth-order valence-electron chi connectivity index (χ4n) is 2.12. The number of hydrogen-bond acceptors (Lipinski definition) is 3. The molecule has 0 saturated carbocycles. The van der Waals surface area contributed by atoms with Gasteiger partial charge in [0.15, 0.2) is 0 Å². The number of rotatable bonds is 7. The van der Waals surface area contributed by atoms with Crippen LogP contribution in [0.25, 0.3) is 0 Å². The Labute approximate surface area is 105 Å². The smallest absolute Gasteiger partial charge is 0.236 e. The lowest BCUT2D eigenvalue weighted by Crippen LogP contribution is -2.38. The number of nitrogens with one attached hydrogen (secondary N) is 1. The summed E-state index contributed by atoms with van der Waals surface area (Å²) >= 11 is 0. The van der Waals surface area contributed by atoms with Gasteiger partial charge in [0.2, 0.25) is 5.91 Å². The number of carbonyl (C=O) groups is 1. The molecule has 0 aliphatic carbocycles. The van der Waals surface area contributed by atoms with E-state index in [1.165, 1.54) is 12.8 Å². The number of likely N-dealkylation sites (tertiary alicyclic amines) is 1. The molecule has 0 aromatic rings. The minimum absolute atomic E-state index is 0.293. The van der Waals surface area contributed by atoms with Crippen LogP contribution in [-0.4, -0.2) is 61.5 Å². The van der Waals surface area contributed by atoms with Gasteiger partial charge in [-0.15, -0.1) is 0 Å². The average molecular weight is 241 g/mol. The maximum atomic E-state index is 11.9. The predicted octanol–water partition coefficient (Wildman–Crippen LogP) is 0.929. The molecule has 1 fully saturated rings. The first-order valence-corrected chi connectivity index (χ1v) is 6.79. The summed E-state index contributed by atoms with van der Waals surface area (Å²) in [7, 11) is 2.03. The highest BCUT2D eigenvalue weighted by Gasteiger charge is 2.18. The fraction of sp³-hybridized carbons (Fsp3) is 0.923. The Morgan fingerprint density at radius 2 is 2.00 bits per heavy atom. The summed E-state index contributed by atoms with van der Waals surface area (Å²) in [5.74, 6) is 0.293. The van der Waals surface area contributed by atoms with Crippen LogP contribution in [0.5, 0.6) is 0 Å². The molecule has 0 spiro atoms. The van der Waals surface area contributed by atoms with E-state index in [0.29, 0.717) is 18.5 Å². The van der Waals surface area contributed by atoms with Crippen molar-refractivity contribution in [3.63, 3.8) is 0 Å². The van der Waals surface area contributed by atoms with Crippen molar-refractivity contribution in [3.8, 4) is 0 Å². The molecule has 17 heavy (non-hydrogen) atoms. The third-order valence-electron chi connectivity index (χ3n) is 3.13. The molecular weight excluding hydrogens is 214 g/mol. The summed E-state index contributed by atoms with van der Waals surface area (Å²) in [5, 5.41) is 3.39. The maximum absolute atomic E-state index is 11.9. The van der Waals surface area contributed by atoms with Gasteiger partial charge in [0.1, 0.15) is 0 Å². The van der Waals surface area contributed by atoms with Crippen molar-refractivity contribution in [2.75, 3.05) is 39.8 Å². The third-order valence-corrected chi connectivity index (χ3v) is 3.13. The SMILES string of the molecule is CC(C)NCCCN(C)CC(=O)N1CCCC1. The zero-order valence-corrected chi connectivity index (χ0v) is 11.5.